The van der Waals surface area contributed by atoms with Crippen LogP contribution in [0.3, 0.4) is 0 Å². The van der Waals surface area contributed by atoms with Gasteiger partial charge in [0.2, 0.25) is 5.91 Å². The Hall–Kier alpha value is -2.94. The maximum Gasteiger partial charge on any atom is 0.231 e. The van der Waals surface area contributed by atoms with Gasteiger partial charge >= 0.3 is 0 Å². The second-order valence-electron chi connectivity index (χ2n) is 5.84. The molecule has 0 radical (unpaired) electrons. The molecular weight excluding hydrogens is 296 g/mol. The molecule has 1 amide bonds. The summed E-state index contributed by atoms with van der Waals surface area (Å²) < 4.78 is 0. The molecule has 0 aliphatic heterocycles. The van der Waals surface area contributed by atoms with Crippen molar-refractivity contribution in [1.29, 1.82) is 0 Å². The zero-order valence-electron chi connectivity index (χ0n) is 13.7. The van der Waals surface area contributed by atoms with Crippen LogP contribution in [0.1, 0.15) is 16.7 Å². The predicted molar refractivity (Wildman–Crippen MR) is 96.8 cm³/mol. The molecule has 24 heavy (non-hydrogen) atoms. The van der Waals surface area contributed by atoms with Crippen molar-refractivity contribution in [2.24, 2.45) is 0 Å². The van der Waals surface area contributed by atoms with Gasteiger partial charge < -0.3 is 4.90 Å². The van der Waals surface area contributed by atoms with E-state index in [9.17, 15) is 4.79 Å². The van der Waals surface area contributed by atoms with E-state index >= 15 is 0 Å². The van der Waals surface area contributed by atoms with E-state index in [1.165, 1.54) is 0 Å². The first-order valence-corrected chi connectivity index (χ1v) is 8.02. The standard InChI is InChI=1S/C21H20N2O/c1-17-7-5-11-20(13-17)23(16-19-10-6-12-22-15-19)21(24)14-18-8-3-2-4-9-18/h2-13,15H,14,16H2,1H3. The Labute approximate surface area is 142 Å². The first kappa shape index (κ1) is 15.9. The fraction of sp³-hybridized carbons (Fsp3) is 0.143. The van der Waals surface area contributed by atoms with Crippen LogP contribution < -0.4 is 4.90 Å². The van der Waals surface area contributed by atoms with Gasteiger partial charge in [0.15, 0.2) is 0 Å². The largest absolute Gasteiger partial charge is 0.308 e. The summed E-state index contributed by atoms with van der Waals surface area (Å²) in [4.78, 5) is 18.9. The van der Waals surface area contributed by atoms with Gasteiger partial charge in [0.25, 0.3) is 0 Å². The Bertz CT molecular complexity index is 800. The van der Waals surface area contributed by atoms with Crippen molar-refractivity contribution in [3.63, 3.8) is 0 Å². The van der Waals surface area contributed by atoms with Gasteiger partial charge in [-0.1, -0.05) is 48.5 Å². The molecule has 3 rings (SSSR count). The van der Waals surface area contributed by atoms with E-state index in [1.54, 1.807) is 12.4 Å². The number of pyridine rings is 1. The van der Waals surface area contributed by atoms with Crippen LogP contribution in [0.2, 0.25) is 0 Å². The number of aryl methyl sites for hydroxylation is 1. The molecular formula is C21H20N2O. The van der Waals surface area contributed by atoms with Gasteiger partial charge in [0.1, 0.15) is 0 Å². The van der Waals surface area contributed by atoms with Crippen molar-refractivity contribution in [3.8, 4) is 0 Å². The van der Waals surface area contributed by atoms with Crippen LogP contribution in [0.15, 0.2) is 79.1 Å². The Kier molecular flexibility index (Phi) is 5.02. The van der Waals surface area contributed by atoms with Crippen molar-refractivity contribution >= 4 is 11.6 Å². The number of hydrogen-bond donors (Lipinski definition) is 0. The van der Waals surface area contributed by atoms with Crippen LogP contribution in [-0.2, 0) is 17.8 Å². The van der Waals surface area contributed by atoms with E-state index in [1.807, 2.05) is 78.6 Å². The zero-order chi connectivity index (χ0) is 16.8. The highest BCUT2D eigenvalue weighted by atomic mass is 16.2. The molecule has 0 N–H and O–H groups in total. The third-order valence-electron chi connectivity index (χ3n) is 3.88. The summed E-state index contributed by atoms with van der Waals surface area (Å²) in [6, 6.07) is 21.8. The van der Waals surface area contributed by atoms with Crippen LogP contribution in [0.5, 0.6) is 0 Å². The van der Waals surface area contributed by atoms with E-state index in [2.05, 4.69) is 4.98 Å². The van der Waals surface area contributed by atoms with E-state index in [4.69, 9.17) is 0 Å². The molecule has 120 valence electrons. The molecule has 0 aliphatic carbocycles. The molecule has 0 aliphatic rings. The average Bonchev–Trinajstić information content (AvgIpc) is 2.61. The molecule has 2 aromatic carbocycles. The highest BCUT2D eigenvalue weighted by Crippen LogP contribution is 2.20. The van der Waals surface area contributed by atoms with Gasteiger partial charge in [-0.25, -0.2) is 0 Å². The maximum absolute atomic E-state index is 12.9. The minimum Gasteiger partial charge on any atom is -0.308 e. The Balaban J connectivity index is 1.87. The molecule has 3 aromatic rings. The second-order valence-corrected chi connectivity index (χ2v) is 5.84. The summed E-state index contributed by atoms with van der Waals surface area (Å²) in [5.74, 6) is 0.0793. The highest BCUT2D eigenvalue weighted by molar-refractivity contribution is 5.94. The molecule has 0 saturated heterocycles. The lowest BCUT2D eigenvalue weighted by molar-refractivity contribution is -0.118. The molecule has 0 spiro atoms. The van der Waals surface area contributed by atoms with Crippen molar-refractivity contribution in [3.05, 3.63) is 95.8 Å². The summed E-state index contributed by atoms with van der Waals surface area (Å²) in [7, 11) is 0. The molecule has 0 atom stereocenters. The lowest BCUT2D eigenvalue weighted by Crippen LogP contribution is -2.31. The van der Waals surface area contributed by atoms with Gasteiger partial charge in [0, 0.05) is 18.1 Å². The minimum atomic E-state index is 0.0793. The molecule has 0 bridgehead atoms. The van der Waals surface area contributed by atoms with Gasteiger partial charge in [-0.15, -0.1) is 0 Å². The monoisotopic (exact) mass is 316 g/mol. The van der Waals surface area contributed by atoms with Crippen molar-refractivity contribution in [1.82, 2.24) is 4.98 Å². The van der Waals surface area contributed by atoms with Gasteiger partial charge in [-0.05, 0) is 41.8 Å². The quantitative estimate of drug-likeness (QED) is 0.708. The van der Waals surface area contributed by atoms with Gasteiger partial charge in [0.05, 0.1) is 13.0 Å². The number of carbonyl (C=O) groups excluding carboxylic acids is 1. The first-order valence-electron chi connectivity index (χ1n) is 8.02. The fourth-order valence-corrected chi connectivity index (χ4v) is 2.66. The van der Waals surface area contributed by atoms with Crippen molar-refractivity contribution in [2.75, 3.05) is 4.90 Å². The number of amides is 1. The molecule has 0 fully saturated rings. The summed E-state index contributed by atoms with van der Waals surface area (Å²) >= 11 is 0. The van der Waals surface area contributed by atoms with E-state index in [0.29, 0.717) is 13.0 Å². The van der Waals surface area contributed by atoms with Gasteiger partial charge in [-0.3, -0.25) is 9.78 Å². The van der Waals surface area contributed by atoms with E-state index in [0.717, 1.165) is 22.4 Å². The highest BCUT2D eigenvalue weighted by Gasteiger charge is 2.17. The molecule has 3 nitrogen and oxygen atoms in total. The number of rotatable bonds is 5. The first-order chi connectivity index (χ1) is 11.7. The Morgan fingerprint density at radius 3 is 2.46 bits per heavy atom. The molecule has 0 saturated carbocycles. The predicted octanol–water partition coefficient (Wildman–Crippen LogP) is 4.17. The minimum absolute atomic E-state index is 0.0793. The lowest BCUT2D eigenvalue weighted by Gasteiger charge is -2.23. The topological polar surface area (TPSA) is 33.2 Å². The third-order valence-corrected chi connectivity index (χ3v) is 3.88. The summed E-state index contributed by atoms with van der Waals surface area (Å²) in [6.45, 7) is 2.55. The van der Waals surface area contributed by atoms with E-state index in [-0.39, 0.29) is 5.91 Å². The third kappa shape index (κ3) is 4.07. The number of benzene rings is 2. The van der Waals surface area contributed by atoms with Crippen LogP contribution in [-0.4, -0.2) is 10.9 Å². The fourth-order valence-electron chi connectivity index (χ4n) is 2.66. The molecule has 1 heterocycles. The van der Waals surface area contributed by atoms with Crippen molar-refractivity contribution in [2.45, 2.75) is 19.9 Å². The molecule has 0 unspecified atom stereocenters. The second kappa shape index (κ2) is 7.55. The number of hydrogen-bond acceptors (Lipinski definition) is 2. The Morgan fingerprint density at radius 1 is 0.958 bits per heavy atom. The zero-order valence-corrected chi connectivity index (χ0v) is 13.7. The Morgan fingerprint density at radius 2 is 1.75 bits per heavy atom. The number of nitrogens with zero attached hydrogens (tertiary/aromatic N) is 2. The number of aromatic nitrogens is 1. The number of anilines is 1. The normalized spacial score (nSPS) is 10.4. The lowest BCUT2D eigenvalue weighted by atomic mass is 10.1. The maximum atomic E-state index is 12.9. The summed E-state index contributed by atoms with van der Waals surface area (Å²) in [6.07, 6.45) is 3.93. The average molecular weight is 316 g/mol. The van der Waals surface area contributed by atoms with Crippen LogP contribution in [0.25, 0.3) is 0 Å². The van der Waals surface area contributed by atoms with Gasteiger partial charge in [-0.2, -0.15) is 0 Å². The summed E-state index contributed by atoms with van der Waals surface area (Å²) in [5, 5.41) is 0. The van der Waals surface area contributed by atoms with E-state index < -0.39 is 0 Å². The van der Waals surface area contributed by atoms with Crippen molar-refractivity contribution < 1.29 is 4.79 Å². The smallest absolute Gasteiger partial charge is 0.231 e. The number of carbonyl (C=O) groups is 1. The SMILES string of the molecule is Cc1cccc(N(Cc2cccnc2)C(=O)Cc2ccccc2)c1. The van der Waals surface area contributed by atoms with Crippen LogP contribution in [0.4, 0.5) is 5.69 Å². The molecule has 3 heteroatoms. The van der Waals surface area contributed by atoms with Crippen LogP contribution in [0, 0.1) is 6.92 Å². The van der Waals surface area contributed by atoms with Crippen LogP contribution >= 0.6 is 0 Å². The summed E-state index contributed by atoms with van der Waals surface area (Å²) in [5.41, 5.74) is 4.09. The molecule has 1 aromatic heterocycles.